The highest BCUT2D eigenvalue weighted by Gasteiger charge is 2.21. The molecule has 0 bridgehead atoms. The van der Waals surface area contributed by atoms with Crippen molar-refractivity contribution in [3.8, 4) is 0 Å². The van der Waals surface area contributed by atoms with E-state index in [0.717, 1.165) is 18.5 Å². The Morgan fingerprint density at radius 3 is 1.96 bits per heavy atom. The van der Waals surface area contributed by atoms with Crippen LogP contribution >= 0.6 is 0 Å². The van der Waals surface area contributed by atoms with Crippen LogP contribution < -0.4 is 5.32 Å². The standard InChI is InChI=1S/C24H31N/c1-3-18-25-24-16-14-23(15-17-24)22-12-10-21(11-13-22)9-8-20-6-4-19(2)5-7-20/h4-13,23-25H,3,14-18H2,1-2H3/b9-8+. The molecule has 0 aromatic heterocycles. The topological polar surface area (TPSA) is 12.0 Å². The fraction of sp³-hybridized carbons (Fsp3) is 0.417. The number of rotatable bonds is 6. The van der Waals surface area contributed by atoms with Gasteiger partial charge in [-0.2, -0.15) is 0 Å². The largest absolute Gasteiger partial charge is 0.314 e. The van der Waals surface area contributed by atoms with Gasteiger partial charge >= 0.3 is 0 Å². The van der Waals surface area contributed by atoms with Gasteiger partial charge in [0.1, 0.15) is 0 Å². The molecular weight excluding hydrogens is 302 g/mol. The van der Waals surface area contributed by atoms with Gasteiger partial charge in [-0.3, -0.25) is 0 Å². The van der Waals surface area contributed by atoms with Gasteiger partial charge in [0.25, 0.3) is 0 Å². The Bertz CT molecular complexity index is 658. The van der Waals surface area contributed by atoms with E-state index in [1.807, 2.05) is 0 Å². The fourth-order valence-corrected chi connectivity index (χ4v) is 3.73. The highest BCUT2D eigenvalue weighted by molar-refractivity contribution is 5.69. The van der Waals surface area contributed by atoms with E-state index in [9.17, 15) is 0 Å². The molecule has 0 amide bonds. The van der Waals surface area contributed by atoms with E-state index < -0.39 is 0 Å². The first-order valence-electron chi connectivity index (χ1n) is 9.82. The fourth-order valence-electron chi connectivity index (χ4n) is 3.73. The molecule has 2 aromatic rings. The molecule has 1 N–H and O–H groups in total. The lowest BCUT2D eigenvalue weighted by molar-refractivity contribution is 0.343. The van der Waals surface area contributed by atoms with Gasteiger partial charge in [-0.25, -0.2) is 0 Å². The van der Waals surface area contributed by atoms with Crippen LogP contribution in [0.4, 0.5) is 0 Å². The van der Waals surface area contributed by atoms with Crippen molar-refractivity contribution >= 4 is 12.2 Å². The van der Waals surface area contributed by atoms with Crippen LogP contribution in [0.5, 0.6) is 0 Å². The molecule has 1 nitrogen and oxygen atoms in total. The third kappa shape index (κ3) is 5.31. The number of benzene rings is 2. The summed E-state index contributed by atoms with van der Waals surface area (Å²) in [6.45, 7) is 5.53. The van der Waals surface area contributed by atoms with Crippen molar-refractivity contribution in [2.75, 3.05) is 6.54 Å². The first-order valence-corrected chi connectivity index (χ1v) is 9.82. The minimum absolute atomic E-state index is 0.743. The van der Waals surface area contributed by atoms with Gasteiger partial charge in [0, 0.05) is 6.04 Å². The van der Waals surface area contributed by atoms with Gasteiger partial charge in [-0.05, 0) is 68.2 Å². The molecule has 0 radical (unpaired) electrons. The Labute approximate surface area is 153 Å². The van der Waals surface area contributed by atoms with Gasteiger partial charge in [-0.1, -0.05) is 73.2 Å². The molecule has 0 atom stereocenters. The Hall–Kier alpha value is -1.86. The highest BCUT2D eigenvalue weighted by Crippen LogP contribution is 2.33. The molecule has 0 aliphatic heterocycles. The molecule has 0 heterocycles. The van der Waals surface area contributed by atoms with Crippen LogP contribution in [0.25, 0.3) is 12.2 Å². The van der Waals surface area contributed by atoms with Crippen LogP contribution in [-0.4, -0.2) is 12.6 Å². The molecule has 1 aliphatic rings. The molecular formula is C24H31N. The van der Waals surface area contributed by atoms with Gasteiger partial charge < -0.3 is 5.32 Å². The predicted octanol–water partition coefficient (Wildman–Crippen LogP) is 6.19. The van der Waals surface area contributed by atoms with Crippen LogP contribution in [0.15, 0.2) is 48.5 Å². The summed E-state index contributed by atoms with van der Waals surface area (Å²) in [5.74, 6) is 0.745. The Balaban J connectivity index is 1.55. The molecule has 132 valence electrons. The maximum atomic E-state index is 3.68. The summed E-state index contributed by atoms with van der Waals surface area (Å²) in [7, 11) is 0. The van der Waals surface area contributed by atoms with Crippen molar-refractivity contribution in [2.45, 2.75) is 57.9 Å². The van der Waals surface area contributed by atoms with Gasteiger partial charge in [-0.15, -0.1) is 0 Å². The van der Waals surface area contributed by atoms with Gasteiger partial charge in [0.2, 0.25) is 0 Å². The smallest absolute Gasteiger partial charge is 0.00674 e. The van der Waals surface area contributed by atoms with Crippen molar-refractivity contribution in [1.82, 2.24) is 5.32 Å². The van der Waals surface area contributed by atoms with Crippen LogP contribution in [-0.2, 0) is 0 Å². The quantitative estimate of drug-likeness (QED) is 0.621. The van der Waals surface area contributed by atoms with E-state index in [0.29, 0.717) is 0 Å². The summed E-state index contributed by atoms with van der Waals surface area (Å²) in [6.07, 6.45) is 10.9. The van der Waals surface area contributed by atoms with Crippen molar-refractivity contribution in [1.29, 1.82) is 0 Å². The van der Waals surface area contributed by atoms with Crippen LogP contribution in [0.3, 0.4) is 0 Å². The number of hydrogen-bond acceptors (Lipinski definition) is 1. The molecule has 2 aromatic carbocycles. The van der Waals surface area contributed by atoms with E-state index in [1.165, 1.54) is 54.4 Å². The molecule has 0 spiro atoms. The van der Waals surface area contributed by atoms with E-state index >= 15 is 0 Å². The predicted molar refractivity (Wildman–Crippen MR) is 110 cm³/mol. The monoisotopic (exact) mass is 333 g/mol. The summed E-state index contributed by atoms with van der Waals surface area (Å²) in [5, 5.41) is 3.68. The third-order valence-electron chi connectivity index (χ3n) is 5.36. The van der Waals surface area contributed by atoms with Crippen molar-refractivity contribution in [2.24, 2.45) is 0 Å². The normalized spacial score (nSPS) is 20.9. The second-order valence-corrected chi connectivity index (χ2v) is 7.41. The first kappa shape index (κ1) is 17.9. The zero-order valence-corrected chi connectivity index (χ0v) is 15.7. The van der Waals surface area contributed by atoms with Crippen molar-refractivity contribution in [3.63, 3.8) is 0 Å². The van der Waals surface area contributed by atoms with Gasteiger partial charge in [0.05, 0.1) is 0 Å². The van der Waals surface area contributed by atoms with Crippen LogP contribution in [0, 0.1) is 6.92 Å². The summed E-state index contributed by atoms with van der Waals surface area (Å²) in [5.41, 5.74) is 5.36. The summed E-state index contributed by atoms with van der Waals surface area (Å²) in [6, 6.07) is 18.6. The zero-order valence-electron chi connectivity index (χ0n) is 15.7. The molecule has 25 heavy (non-hydrogen) atoms. The minimum Gasteiger partial charge on any atom is -0.314 e. The maximum absolute atomic E-state index is 3.68. The lowest BCUT2D eigenvalue weighted by Gasteiger charge is -2.29. The van der Waals surface area contributed by atoms with E-state index in [2.05, 4.69) is 79.8 Å². The second-order valence-electron chi connectivity index (χ2n) is 7.41. The average molecular weight is 334 g/mol. The SMILES string of the molecule is CCCNC1CCC(c2ccc(/C=C/c3ccc(C)cc3)cc2)CC1. The lowest BCUT2D eigenvalue weighted by atomic mass is 9.81. The molecule has 1 fully saturated rings. The second kappa shape index (κ2) is 9.01. The van der Waals surface area contributed by atoms with Crippen molar-refractivity contribution in [3.05, 3.63) is 70.8 Å². The number of aryl methyl sites for hydroxylation is 1. The molecule has 1 saturated carbocycles. The Morgan fingerprint density at radius 2 is 1.40 bits per heavy atom. The molecule has 3 rings (SSSR count). The number of nitrogens with one attached hydrogen (secondary N) is 1. The molecule has 1 heteroatoms. The van der Waals surface area contributed by atoms with E-state index in [1.54, 1.807) is 0 Å². The Kier molecular flexibility index (Phi) is 6.47. The number of hydrogen-bond donors (Lipinski definition) is 1. The molecule has 0 unspecified atom stereocenters. The third-order valence-corrected chi connectivity index (χ3v) is 5.36. The zero-order chi connectivity index (χ0) is 17.5. The van der Waals surface area contributed by atoms with Gasteiger partial charge in [0.15, 0.2) is 0 Å². The molecule has 1 aliphatic carbocycles. The van der Waals surface area contributed by atoms with Crippen molar-refractivity contribution < 1.29 is 0 Å². The minimum atomic E-state index is 0.743. The molecule has 0 saturated heterocycles. The van der Waals surface area contributed by atoms with E-state index in [-0.39, 0.29) is 0 Å². The average Bonchev–Trinajstić information content (AvgIpc) is 2.67. The van der Waals surface area contributed by atoms with Crippen LogP contribution in [0.2, 0.25) is 0 Å². The van der Waals surface area contributed by atoms with Crippen LogP contribution in [0.1, 0.15) is 67.2 Å². The summed E-state index contributed by atoms with van der Waals surface area (Å²) >= 11 is 0. The van der Waals surface area contributed by atoms with E-state index in [4.69, 9.17) is 0 Å². The summed E-state index contributed by atoms with van der Waals surface area (Å²) in [4.78, 5) is 0. The maximum Gasteiger partial charge on any atom is 0.00674 e. The first-order chi connectivity index (χ1) is 12.2. The summed E-state index contributed by atoms with van der Waals surface area (Å²) < 4.78 is 0. The lowest BCUT2D eigenvalue weighted by Crippen LogP contribution is -2.33. The highest BCUT2D eigenvalue weighted by atomic mass is 14.9. The Morgan fingerprint density at radius 1 is 0.840 bits per heavy atom.